The van der Waals surface area contributed by atoms with Crippen molar-refractivity contribution in [1.82, 2.24) is 4.90 Å². The second-order valence-electron chi connectivity index (χ2n) is 5.83. The van der Waals surface area contributed by atoms with Crippen LogP contribution < -0.4 is 10.1 Å². The molecule has 0 spiro atoms. The van der Waals surface area contributed by atoms with E-state index in [2.05, 4.69) is 5.32 Å². The summed E-state index contributed by atoms with van der Waals surface area (Å²) in [4.78, 5) is 14.3. The largest absolute Gasteiger partial charge is 0.492 e. The van der Waals surface area contributed by atoms with Crippen molar-refractivity contribution in [2.24, 2.45) is 0 Å². The Morgan fingerprint density at radius 3 is 2.58 bits per heavy atom. The third kappa shape index (κ3) is 5.64. The molecule has 26 heavy (non-hydrogen) atoms. The quantitative estimate of drug-likeness (QED) is 0.791. The normalized spacial score (nSPS) is 11.5. The van der Waals surface area contributed by atoms with Crippen molar-refractivity contribution in [3.63, 3.8) is 0 Å². The Balaban J connectivity index is 2.10. The molecule has 2 rings (SSSR count). The van der Waals surface area contributed by atoms with Crippen LogP contribution >= 0.6 is 11.6 Å². The van der Waals surface area contributed by atoms with Crippen LogP contribution in [0.5, 0.6) is 5.75 Å². The fourth-order valence-corrected chi connectivity index (χ4v) is 2.32. The number of amides is 1. The molecular weight excluding hydrogens is 369 g/mol. The van der Waals surface area contributed by atoms with E-state index < -0.39 is 22.7 Å². The first kappa shape index (κ1) is 20.1. The molecule has 8 heteroatoms. The first-order chi connectivity index (χ1) is 12.2. The highest BCUT2D eigenvalue weighted by Crippen LogP contribution is 2.36. The Hall–Kier alpha value is -2.25. The SMILES string of the molecule is CN(C)CCOc1cccc(C(=O)Nc2ccc(Cl)c(C(F)(F)F)c2)c1. The van der Waals surface area contributed by atoms with Crippen molar-refractivity contribution in [2.45, 2.75) is 6.18 Å². The highest BCUT2D eigenvalue weighted by molar-refractivity contribution is 6.31. The summed E-state index contributed by atoms with van der Waals surface area (Å²) in [6, 6.07) is 9.64. The summed E-state index contributed by atoms with van der Waals surface area (Å²) in [7, 11) is 3.82. The molecule has 0 aliphatic rings. The van der Waals surface area contributed by atoms with Gasteiger partial charge in [0.2, 0.25) is 0 Å². The van der Waals surface area contributed by atoms with Crippen molar-refractivity contribution >= 4 is 23.2 Å². The molecule has 0 bridgehead atoms. The minimum Gasteiger partial charge on any atom is -0.492 e. The molecule has 2 aromatic rings. The van der Waals surface area contributed by atoms with Crippen molar-refractivity contribution < 1.29 is 22.7 Å². The van der Waals surface area contributed by atoms with Gasteiger partial charge < -0.3 is 15.0 Å². The molecule has 0 aromatic heterocycles. The molecule has 0 saturated heterocycles. The number of alkyl halides is 3. The van der Waals surface area contributed by atoms with Gasteiger partial charge in [-0.1, -0.05) is 17.7 Å². The maximum atomic E-state index is 12.9. The summed E-state index contributed by atoms with van der Waals surface area (Å²) < 4.78 is 44.2. The molecule has 0 fully saturated rings. The van der Waals surface area contributed by atoms with Gasteiger partial charge in [-0.3, -0.25) is 4.79 Å². The van der Waals surface area contributed by atoms with Gasteiger partial charge in [0.1, 0.15) is 12.4 Å². The summed E-state index contributed by atoms with van der Waals surface area (Å²) in [5.74, 6) is -0.0370. The molecule has 0 atom stereocenters. The van der Waals surface area contributed by atoms with Gasteiger partial charge in [-0.25, -0.2) is 0 Å². The van der Waals surface area contributed by atoms with Crippen LogP contribution in [0.1, 0.15) is 15.9 Å². The molecule has 2 aromatic carbocycles. The maximum absolute atomic E-state index is 12.9. The number of halogens is 4. The summed E-state index contributed by atoms with van der Waals surface area (Å²) >= 11 is 5.57. The molecule has 140 valence electrons. The van der Waals surface area contributed by atoms with Crippen LogP contribution in [0.3, 0.4) is 0 Å². The summed E-state index contributed by atoms with van der Waals surface area (Å²) in [5.41, 5.74) is -0.723. The monoisotopic (exact) mass is 386 g/mol. The van der Waals surface area contributed by atoms with Crippen LogP contribution in [0.15, 0.2) is 42.5 Å². The predicted octanol–water partition coefficient (Wildman–Crippen LogP) is 4.55. The molecule has 4 nitrogen and oxygen atoms in total. The zero-order chi connectivity index (χ0) is 19.3. The molecule has 0 radical (unpaired) electrons. The smallest absolute Gasteiger partial charge is 0.417 e. The highest BCUT2D eigenvalue weighted by atomic mass is 35.5. The minimum absolute atomic E-state index is 0.00524. The topological polar surface area (TPSA) is 41.6 Å². The predicted molar refractivity (Wildman–Crippen MR) is 94.9 cm³/mol. The first-order valence-corrected chi connectivity index (χ1v) is 8.10. The number of anilines is 1. The van der Waals surface area contributed by atoms with Crippen LogP contribution in [0.4, 0.5) is 18.9 Å². The number of carbonyl (C=O) groups is 1. The first-order valence-electron chi connectivity index (χ1n) is 7.72. The molecule has 0 unspecified atom stereocenters. The molecule has 0 aliphatic carbocycles. The third-order valence-corrected chi connectivity index (χ3v) is 3.76. The van der Waals surface area contributed by atoms with Gasteiger partial charge in [0.15, 0.2) is 0 Å². The lowest BCUT2D eigenvalue weighted by Gasteiger charge is -2.13. The summed E-state index contributed by atoms with van der Waals surface area (Å²) in [5, 5.41) is 2.01. The second-order valence-corrected chi connectivity index (χ2v) is 6.23. The lowest BCUT2D eigenvalue weighted by molar-refractivity contribution is -0.137. The van der Waals surface area contributed by atoms with Gasteiger partial charge in [0.25, 0.3) is 5.91 Å². The van der Waals surface area contributed by atoms with Gasteiger partial charge in [0.05, 0.1) is 10.6 Å². The summed E-state index contributed by atoms with van der Waals surface area (Å²) in [6.45, 7) is 1.16. The standard InChI is InChI=1S/C18H18ClF3N2O2/c1-24(2)8-9-26-14-5-3-4-12(10-14)17(25)23-13-6-7-16(19)15(11-13)18(20,21)22/h3-7,10-11H,8-9H2,1-2H3,(H,23,25). The number of likely N-dealkylation sites (N-methyl/N-ethyl adjacent to an activating group) is 1. The zero-order valence-corrected chi connectivity index (χ0v) is 15.0. The van der Waals surface area contributed by atoms with E-state index in [0.717, 1.165) is 12.1 Å². The van der Waals surface area contributed by atoms with Crippen molar-refractivity contribution in [3.8, 4) is 5.75 Å². The number of nitrogens with one attached hydrogen (secondary N) is 1. The van der Waals surface area contributed by atoms with Gasteiger partial charge in [-0.15, -0.1) is 0 Å². The highest BCUT2D eigenvalue weighted by Gasteiger charge is 2.33. The Morgan fingerprint density at radius 1 is 1.19 bits per heavy atom. The minimum atomic E-state index is -4.60. The van der Waals surface area contributed by atoms with E-state index in [-0.39, 0.29) is 11.3 Å². The Bertz CT molecular complexity index is 779. The van der Waals surface area contributed by atoms with E-state index in [9.17, 15) is 18.0 Å². The van der Waals surface area contributed by atoms with E-state index in [1.54, 1.807) is 18.2 Å². The molecule has 1 N–H and O–H groups in total. The van der Waals surface area contributed by atoms with E-state index in [1.807, 2.05) is 19.0 Å². The molecule has 0 saturated carbocycles. The molecule has 0 aliphatic heterocycles. The van der Waals surface area contributed by atoms with Crippen LogP contribution in [-0.2, 0) is 6.18 Å². The molecule has 0 heterocycles. The number of hydrogen-bond acceptors (Lipinski definition) is 3. The summed E-state index contributed by atoms with van der Waals surface area (Å²) in [6.07, 6.45) is -4.60. The van der Waals surface area contributed by atoms with Crippen molar-refractivity contribution in [2.75, 3.05) is 32.6 Å². The Labute approximate surface area is 154 Å². The Kier molecular flexibility index (Phi) is 6.50. The maximum Gasteiger partial charge on any atom is 0.417 e. The van der Waals surface area contributed by atoms with Gasteiger partial charge in [-0.05, 0) is 50.5 Å². The lowest BCUT2D eigenvalue weighted by atomic mass is 10.1. The van der Waals surface area contributed by atoms with Gasteiger partial charge in [0, 0.05) is 17.8 Å². The van der Waals surface area contributed by atoms with Crippen molar-refractivity contribution in [1.29, 1.82) is 0 Å². The number of benzene rings is 2. The zero-order valence-electron chi connectivity index (χ0n) is 14.2. The number of rotatable bonds is 6. The van der Waals surface area contributed by atoms with Crippen LogP contribution in [-0.4, -0.2) is 38.1 Å². The Morgan fingerprint density at radius 2 is 1.92 bits per heavy atom. The number of hydrogen-bond donors (Lipinski definition) is 1. The fraction of sp³-hybridized carbons (Fsp3) is 0.278. The van der Waals surface area contributed by atoms with E-state index >= 15 is 0 Å². The number of ether oxygens (including phenoxy) is 1. The number of carbonyl (C=O) groups excluding carboxylic acids is 1. The molecular formula is C18H18ClF3N2O2. The number of nitrogens with zero attached hydrogens (tertiary/aromatic N) is 1. The second kappa shape index (κ2) is 8.42. The fourth-order valence-electron chi connectivity index (χ4n) is 2.10. The van der Waals surface area contributed by atoms with Gasteiger partial charge in [-0.2, -0.15) is 13.2 Å². The average molecular weight is 387 g/mol. The van der Waals surface area contributed by atoms with Crippen molar-refractivity contribution in [3.05, 3.63) is 58.6 Å². The van der Waals surface area contributed by atoms with Crippen LogP contribution in [0, 0.1) is 0 Å². The van der Waals surface area contributed by atoms with Gasteiger partial charge >= 0.3 is 6.18 Å². The van der Waals surface area contributed by atoms with E-state index in [0.29, 0.717) is 18.9 Å². The van der Waals surface area contributed by atoms with E-state index in [1.165, 1.54) is 12.1 Å². The van der Waals surface area contributed by atoms with Crippen LogP contribution in [0.25, 0.3) is 0 Å². The van der Waals surface area contributed by atoms with Crippen LogP contribution in [0.2, 0.25) is 5.02 Å². The average Bonchev–Trinajstić information content (AvgIpc) is 2.55. The van der Waals surface area contributed by atoms with E-state index in [4.69, 9.17) is 16.3 Å². The molecule has 1 amide bonds. The lowest BCUT2D eigenvalue weighted by Crippen LogP contribution is -2.19. The third-order valence-electron chi connectivity index (χ3n) is 3.43.